The van der Waals surface area contributed by atoms with Gasteiger partial charge >= 0.3 is 0 Å². The summed E-state index contributed by atoms with van der Waals surface area (Å²) in [4.78, 5) is 30.2. The van der Waals surface area contributed by atoms with Crippen LogP contribution in [-0.2, 0) is 11.2 Å². The van der Waals surface area contributed by atoms with E-state index in [-0.39, 0.29) is 11.8 Å². The average molecular weight is 355 g/mol. The van der Waals surface area contributed by atoms with Crippen LogP contribution in [0.3, 0.4) is 0 Å². The summed E-state index contributed by atoms with van der Waals surface area (Å²) in [7, 11) is 0. The van der Waals surface area contributed by atoms with Crippen LogP contribution in [0.5, 0.6) is 0 Å². The molecule has 2 amide bonds. The second-order valence-corrected chi connectivity index (χ2v) is 6.22. The molecule has 0 bridgehead atoms. The number of nitrogens with one attached hydrogen (secondary N) is 1. The van der Waals surface area contributed by atoms with Crippen molar-refractivity contribution in [1.29, 1.82) is 0 Å². The Hall–Kier alpha value is -2.73. The normalized spacial score (nSPS) is 10.1. The lowest BCUT2D eigenvalue weighted by Gasteiger charge is -2.17. The van der Waals surface area contributed by atoms with Crippen LogP contribution in [0.2, 0.25) is 0 Å². The highest BCUT2D eigenvalue weighted by atomic mass is 32.1. The summed E-state index contributed by atoms with van der Waals surface area (Å²) in [5.41, 5.74) is 1.42. The van der Waals surface area contributed by atoms with Crippen LogP contribution in [-0.4, -0.2) is 34.8 Å². The lowest BCUT2D eigenvalue weighted by molar-refractivity contribution is -0.116. The minimum Gasteiger partial charge on any atom is -0.330 e. The SMILES string of the molecule is C=CCN(CC=C)C(=O)c1csc(NC(=O)CCc2ccccc2)n1. The van der Waals surface area contributed by atoms with Gasteiger partial charge in [-0.1, -0.05) is 42.5 Å². The van der Waals surface area contributed by atoms with E-state index in [1.165, 1.54) is 11.3 Å². The van der Waals surface area contributed by atoms with Crippen LogP contribution >= 0.6 is 11.3 Å². The fraction of sp³-hybridized carbons (Fsp3) is 0.211. The predicted octanol–water partition coefficient (Wildman–Crippen LogP) is 3.53. The fourth-order valence-corrected chi connectivity index (χ4v) is 2.93. The highest BCUT2D eigenvalue weighted by Gasteiger charge is 2.17. The number of amides is 2. The minimum atomic E-state index is -0.208. The first-order valence-electron chi connectivity index (χ1n) is 7.94. The van der Waals surface area contributed by atoms with Crippen molar-refractivity contribution in [2.45, 2.75) is 12.8 Å². The van der Waals surface area contributed by atoms with E-state index in [0.717, 1.165) is 5.56 Å². The van der Waals surface area contributed by atoms with Gasteiger partial charge in [0.15, 0.2) is 5.13 Å². The van der Waals surface area contributed by atoms with Crippen LogP contribution in [0, 0.1) is 0 Å². The van der Waals surface area contributed by atoms with Crippen LogP contribution in [0.4, 0.5) is 5.13 Å². The van der Waals surface area contributed by atoms with E-state index in [2.05, 4.69) is 23.5 Å². The number of hydrogen-bond acceptors (Lipinski definition) is 4. The van der Waals surface area contributed by atoms with E-state index in [1.54, 1.807) is 22.4 Å². The molecule has 25 heavy (non-hydrogen) atoms. The second kappa shape index (κ2) is 9.54. The molecule has 0 fully saturated rings. The number of nitrogens with zero attached hydrogens (tertiary/aromatic N) is 2. The Balaban J connectivity index is 1.91. The van der Waals surface area contributed by atoms with E-state index in [1.807, 2.05) is 30.3 Å². The van der Waals surface area contributed by atoms with Crippen molar-refractivity contribution in [1.82, 2.24) is 9.88 Å². The number of anilines is 1. The van der Waals surface area contributed by atoms with Crippen LogP contribution in [0.25, 0.3) is 0 Å². The molecule has 2 rings (SSSR count). The lowest BCUT2D eigenvalue weighted by Crippen LogP contribution is -2.31. The maximum absolute atomic E-state index is 12.4. The third-order valence-electron chi connectivity index (χ3n) is 3.44. The molecule has 1 heterocycles. The average Bonchev–Trinajstić information content (AvgIpc) is 3.08. The van der Waals surface area contributed by atoms with Crippen LogP contribution in [0.15, 0.2) is 61.0 Å². The first-order chi connectivity index (χ1) is 12.1. The van der Waals surface area contributed by atoms with Gasteiger partial charge in [-0.25, -0.2) is 4.98 Å². The lowest BCUT2D eigenvalue weighted by atomic mass is 10.1. The van der Waals surface area contributed by atoms with Crippen LogP contribution in [0.1, 0.15) is 22.5 Å². The van der Waals surface area contributed by atoms with E-state index < -0.39 is 0 Å². The molecule has 0 saturated heterocycles. The highest BCUT2D eigenvalue weighted by Crippen LogP contribution is 2.17. The molecule has 130 valence electrons. The number of hydrogen-bond donors (Lipinski definition) is 1. The zero-order valence-electron chi connectivity index (χ0n) is 14.0. The first-order valence-corrected chi connectivity index (χ1v) is 8.82. The number of rotatable bonds is 9. The Bertz CT molecular complexity index is 730. The molecule has 6 heteroatoms. The van der Waals surface area contributed by atoms with Gasteiger partial charge in [0.05, 0.1) is 0 Å². The third-order valence-corrected chi connectivity index (χ3v) is 4.20. The maximum Gasteiger partial charge on any atom is 0.273 e. The monoisotopic (exact) mass is 355 g/mol. The predicted molar refractivity (Wildman–Crippen MR) is 102 cm³/mol. The molecule has 0 radical (unpaired) electrons. The molecule has 2 aromatic rings. The first kappa shape index (κ1) is 18.6. The molecule has 1 aromatic heterocycles. The topological polar surface area (TPSA) is 62.3 Å². The summed E-state index contributed by atoms with van der Waals surface area (Å²) in [6, 6.07) is 9.82. The van der Waals surface area contributed by atoms with Crippen LogP contribution < -0.4 is 5.32 Å². The Morgan fingerprint density at radius 2 is 1.84 bits per heavy atom. The standard InChI is InChI=1S/C19H21N3O2S/c1-3-12-22(13-4-2)18(24)16-14-25-19(20-16)21-17(23)11-10-15-8-6-5-7-9-15/h3-9,14H,1-2,10-13H2,(H,20,21,23). The fourth-order valence-electron chi connectivity index (χ4n) is 2.23. The molecular formula is C19H21N3O2S. The molecule has 1 aromatic carbocycles. The van der Waals surface area contributed by atoms with E-state index >= 15 is 0 Å². The van der Waals surface area contributed by atoms with Crippen molar-refractivity contribution in [3.8, 4) is 0 Å². The molecule has 0 aliphatic carbocycles. The number of benzene rings is 1. The summed E-state index contributed by atoms with van der Waals surface area (Å²) >= 11 is 1.24. The number of thiazole rings is 1. The molecule has 1 N–H and O–H groups in total. The molecule has 0 aliphatic heterocycles. The van der Waals surface area contributed by atoms with E-state index in [0.29, 0.717) is 36.8 Å². The van der Waals surface area contributed by atoms with Crippen molar-refractivity contribution >= 4 is 28.3 Å². The zero-order valence-corrected chi connectivity index (χ0v) is 14.8. The number of carbonyl (C=O) groups is 2. The Labute approximate surface area is 151 Å². The van der Waals surface area contributed by atoms with Gasteiger partial charge in [-0.05, 0) is 12.0 Å². The molecular weight excluding hydrogens is 334 g/mol. The zero-order chi connectivity index (χ0) is 18.1. The quantitative estimate of drug-likeness (QED) is 0.700. The maximum atomic E-state index is 12.4. The van der Waals surface area contributed by atoms with E-state index in [9.17, 15) is 9.59 Å². The smallest absolute Gasteiger partial charge is 0.273 e. The van der Waals surface area contributed by atoms with Gasteiger partial charge in [-0.3, -0.25) is 9.59 Å². The summed E-state index contributed by atoms with van der Waals surface area (Å²) in [6.45, 7) is 8.13. The number of aromatic nitrogens is 1. The summed E-state index contributed by atoms with van der Waals surface area (Å²) in [6.07, 6.45) is 4.34. The van der Waals surface area contributed by atoms with Gasteiger partial charge in [-0.15, -0.1) is 24.5 Å². The summed E-state index contributed by atoms with van der Waals surface area (Å²) in [5.74, 6) is -0.327. The van der Waals surface area contributed by atoms with Gasteiger partial charge < -0.3 is 10.2 Å². The molecule has 5 nitrogen and oxygen atoms in total. The minimum absolute atomic E-state index is 0.119. The molecule has 0 saturated carbocycles. The van der Waals surface area contributed by atoms with Gasteiger partial charge in [0.25, 0.3) is 5.91 Å². The van der Waals surface area contributed by atoms with E-state index in [4.69, 9.17) is 0 Å². The summed E-state index contributed by atoms with van der Waals surface area (Å²) in [5, 5.41) is 4.82. The Morgan fingerprint density at radius 3 is 2.48 bits per heavy atom. The van der Waals surface area contributed by atoms with Crippen molar-refractivity contribution in [3.05, 3.63) is 72.3 Å². The molecule has 0 spiro atoms. The van der Waals surface area contributed by atoms with Gasteiger partial charge in [0.1, 0.15) is 5.69 Å². The number of carbonyl (C=O) groups excluding carboxylic acids is 2. The van der Waals surface area contributed by atoms with Crippen molar-refractivity contribution < 1.29 is 9.59 Å². The van der Waals surface area contributed by atoms with Gasteiger partial charge in [0, 0.05) is 24.9 Å². The largest absolute Gasteiger partial charge is 0.330 e. The molecule has 0 unspecified atom stereocenters. The molecule has 0 aliphatic rings. The molecule has 0 atom stereocenters. The highest BCUT2D eigenvalue weighted by molar-refractivity contribution is 7.14. The Kier molecular flexibility index (Phi) is 7.10. The van der Waals surface area contributed by atoms with Gasteiger partial charge in [0.2, 0.25) is 5.91 Å². The van der Waals surface area contributed by atoms with Crippen molar-refractivity contribution in [2.75, 3.05) is 18.4 Å². The number of aryl methyl sites for hydroxylation is 1. The van der Waals surface area contributed by atoms with Crippen molar-refractivity contribution in [2.24, 2.45) is 0 Å². The Morgan fingerprint density at radius 1 is 1.16 bits per heavy atom. The third kappa shape index (κ3) is 5.69. The van der Waals surface area contributed by atoms with Gasteiger partial charge in [-0.2, -0.15) is 0 Å². The van der Waals surface area contributed by atoms with Crippen molar-refractivity contribution in [3.63, 3.8) is 0 Å². The summed E-state index contributed by atoms with van der Waals surface area (Å²) < 4.78 is 0. The second-order valence-electron chi connectivity index (χ2n) is 5.36.